The molecule has 2 aliphatic rings. The van der Waals surface area contributed by atoms with Crippen molar-refractivity contribution < 1.29 is 0 Å². The quantitative estimate of drug-likeness (QED) is 0.584. The molecule has 12 heavy (non-hydrogen) atoms. The molecule has 0 radical (unpaired) electrons. The fourth-order valence-electron chi connectivity index (χ4n) is 1.69. The van der Waals surface area contributed by atoms with Crippen LogP contribution >= 0.6 is 0 Å². The van der Waals surface area contributed by atoms with Crippen LogP contribution in [0.3, 0.4) is 0 Å². The molecule has 0 aromatic rings. The fourth-order valence-corrected chi connectivity index (χ4v) is 1.69. The van der Waals surface area contributed by atoms with Crippen LogP contribution in [0.5, 0.6) is 0 Å². The third-order valence-corrected chi connectivity index (χ3v) is 3.00. The van der Waals surface area contributed by atoms with Gasteiger partial charge in [0.2, 0.25) is 0 Å². The maximum Gasteiger partial charge on any atom is 0.0193 e. The standard InChI is InChI=1S/C10H20N2/c1-8(2-4-9-6-11-9)3-5-10-7-12-10/h8-12H,2-7H2,1H3. The van der Waals surface area contributed by atoms with Gasteiger partial charge in [0.15, 0.2) is 0 Å². The van der Waals surface area contributed by atoms with Gasteiger partial charge in [-0.15, -0.1) is 0 Å². The Balaban J connectivity index is 1.47. The molecule has 0 aliphatic carbocycles. The van der Waals surface area contributed by atoms with Crippen molar-refractivity contribution in [2.45, 2.75) is 44.7 Å². The summed E-state index contributed by atoms with van der Waals surface area (Å²) in [6.45, 7) is 4.94. The molecule has 2 heterocycles. The van der Waals surface area contributed by atoms with Gasteiger partial charge in [0.25, 0.3) is 0 Å². The van der Waals surface area contributed by atoms with Crippen molar-refractivity contribution in [3.63, 3.8) is 0 Å². The summed E-state index contributed by atoms with van der Waals surface area (Å²) in [6, 6.07) is 1.76. The fraction of sp³-hybridized carbons (Fsp3) is 1.00. The molecule has 70 valence electrons. The van der Waals surface area contributed by atoms with Crippen LogP contribution in [0.1, 0.15) is 32.6 Å². The second-order valence-corrected chi connectivity index (χ2v) is 4.47. The van der Waals surface area contributed by atoms with Crippen molar-refractivity contribution in [3.8, 4) is 0 Å². The van der Waals surface area contributed by atoms with Crippen LogP contribution in [0.2, 0.25) is 0 Å². The lowest BCUT2D eigenvalue weighted by atomic mass is 9.98. The largest absolute Gasteiger partial charge is 0.311 e. The molecule has 2 saturated heterocycles. The number of nitrogens with one attached hydrogen (secondary N) is 2. The van der Waals surface area contributed by atoms with E-state index in [-0.39, 0.29) is 0 Å². The van der Waals surface area contributed by atoms with Crippen LogP contribution in [0.15, 0.2) is 0 Å². The van der Waals surface area contributed by atoms with E-state index in [0.717, 1.165) is 18.0 Å². The molecule has 0 saturated carbocycles. The first kappa shape index (κ1) is 8.52. The maximum atomic E-state index is 3.35. The van der Waals surface area contributed by atoms with E-state index in [0.29, 0.717) is 0 Å². The highest BCUT2D eigenvalue weighted by molar-refractivity contribution is 4.85. The lowest BCUT2D eigenvalue weighted by molar-refractivity contribution is 0.456. The molecule has 0 amide bonds. The van der Waals surface area contributed by atoms with E-state index in [1.54, 1.807) is 0 Å². The van der Waals surface area contributed by atoms with Gasteiger partial charge in [0.1, 0.15) is 0 Å². The lowest BCUT2D eigenvalue weighted by Gasteiger charge is -2.08. The number of hydrogen-bond acceptors (Lipinski definition) is 2. The van der Waals surface area contributed by atoms with E-state index < -0.39 is 0 Å². The van der Waals surface area contributed by atoms with E-state index in [2.05, 4.69) is 17.6 Å². The minimum absolute atomic E-state index is 0.881. The van der Waals surface area contributed by atoms with Crippen LogP contribution in [-0.4, -0.2) is 25.2 Å². The van der Waals surface area contributed by atoms with Gasteiger partial charge in [0.05, 0.1) is 0 Å². The molecular formula is C10H20N2. The molecule has 2 rings (SSSR count). The highest BCUT2D eigenvalue weighted by atomic mass is 15.1. The molecule has 2 N–H and O–H groups in total. The summed E-state index contributed by atoms with van der Waals surface area (Å²) in [4.78, 5) is 0. The smallest absolute Gasteiger partial charge is 0.0193 e. The van der Waals surface area contributed by atoms with Gasteiger partial charge < -0.3 is 10.6 Å². The second kappa shape index (κ2) is 3.75. The van der Waals surface area contributed by atoms with Crippen molar-refractivity contribution in [2.24, 2.45) is 5.92 Å². The molecule has 2 fully saturated rings. The van der Waals surface area contributed by atoms with Gasteiger partial charge in [-0.1, -0.05) is 6.92 Å². The third kappa shape index (κ3) is 3.11. The zero-order valence-corrected chi connectivity index (χ0v) is 7.97. The van der Waals surface area contributed by atoms with Crippen molar-refractivity contribution in [3.05, 3.63) is 0 Å². The summed E-state index contributed by atoms with van der Waals surface area (Å²) in [5.74, 6) is 0.940. The average molecular weight is 168 g/mol. The van der Waals surface area contributed by atoms with Crippen LogP contribution in [0.25, 0.3) is 0 Å². The van der Waals surface area contributed by atoms with Crippen LogP contribution in [-0.2, 0) is 0 Å². The first-order chi connectivity index (χ1) is 5.84. The highest BCUT2D eigenvalue weighted by Crippen LogP contribution is 2.19. The number of rotatable bonds is 6. The van der Waals surface area contributed by atoms with Crippen molar-refractivity contribution in [1.29, 1.82) is 0 Å². The van der Waals surface area contributed by atoms with E-state index in [9.17, 15) is 0 Å². The topological polar surface area (TPSA) is 43.9 Å². The maximum absolute atomic E-state index is 3.35. The van der Waals surface area contributed by atoms with E-state index in [1.165, 1.54) is 38.8 Å². The van der Waals surface area contributed by atoms with Crippen LogP contribution in [0.4, 0.5) is 0 Å². The van der Waals surface area contributed by atoms with Crippen molar-refractivity contribution in [2.75, 3.05) is 13.1 Å². The first-order valence-corrected chi connectivity index (χ1v) is 5.31. The Kier molecular flexibility index (Phi) is 2.66. The Labute approximate surface area is 75.1 Å². The molecule has 0 aromatic carbocycles. The minimum Gasteiger partial charge on any atom is -0.311 e. The summed E-state index contributed by atoms with van der Waals surface area (Å²) in [5, 5.41) is 6.71. The predicted octanol–water partition coefficient (Wildman–Crippen LogP) is 1.13. The highest BCUT2D eigenvalue weighted by Gasteiger charge is 2.22. The lowest BCUT2D eigenvalue weighted by Crippen LogP contribution is -2.01. The first-order valence-electron chi connectivity index (χ1n) is 5.31. The number of hydrogen-bond donors (Lipinski definition) is 2. The van der Waals surface area contributed by atoms with Gasteiger partial charge in [-0.2, -0.15) is 0 Å². The summed E-state index contributed by atoms with van der Waals surface area (Å²) >= 11 is 0. The molecular weight excluding hydrogens is 148 g/mol. The van der Waals surface area contributed by atoms with Gasteiger partial charge in [-0.3, -0.25) is 0 Å². The van der Waals surface area contributed by atoms with Crippen molar-refractivity contribution in [1.82, 2.24) is 10.6 Å². The minimum atomic E-state index is 0.881. The third-order valence-electron chi connectivity index (χ3n) is 3.00. The zero-order chi connectivity index (χ0) is 8.39. The Hall–Kier alpha value is -0.0800. The summed E-state index contributed by atoms with van der Waals surface area (Å²) in [5.41, 5.74) is 0. The molecule has 0 spiro atoms. The van der Waals surface area contributed by atoms with E-state index in [1.807, 2.05) is 0 Å². The Morgan fingerprint density at radius 3 is 1.83 bits per heavy atom. The molecule has 2 nitrogen and oxygen atoms in total. The Morgan fingerprint density at radius 1 is 1.08 bits per heavy atom. The Bertz CT molecular complexity index is 123. The van der Waals surface area contributed by atoms with Crippen molar-refractivity contribution >= 4 is 0 Å². The van der Waals surface area contributed by atoms with E-state index >= 15 is 0 Å². The SMILES string of the molecule is CC(CCC1CN1)CCC1CN1. The molecule has 2 heteroatoms. The van der Waals surface area contributed by atoms with Crippen LogP contribution < -0.4 is 10.6 Å². The summed E-state index contributed by atoms with van der Waals surface area (Å²) in [7, 11) is 0. The molecule has 0 bridgehead atoms. The second-order valence-electron chi connectivity index (χ2n) is 4.47. The van der Waals surface area contributed by atoms with Gasteiger partial charge in [-0.25, -0.2) is 0 Å². The predicted molar refractivity (Wildman–Crippen MR) is 51.2 cm³/mol. The Morgan fingerprint density at radius 2 is 1.50 bits per heavy atom. The van der Waals surface area contributed by atoms with Gasteiger partial charge >= 0.3 is 0 Å². The molecule has 2 unspecified atom stereocenters. The summed E-state index contributed by atoms with van der Waals surface area (Å²) in [6.07, 6.45) is 5.65. The normalized spacial score (nSPS) is 34.8. The average Bonchev–Trinajstić information content (AvgIpc) is 2.89. The zero-order valence-electron chi connectivity index (χ0n) is 7.97. The molecule has 2 atom stereocenters. The monoisotopic (exact) mass is 168 g/mol. The molecule has 0 aromatic heterocycles. The van der Waals surface area contributed by atoms with Crippen LogP contribution in [0, 0.1) is 5.92 Å². The van der Waals surface area contributed by atoms with E-state index in [4.69, 9.17) is 0 Å². The van der Waals surface area contributed by atoms with Gasteiger partial charge in [-0.05, 0) is 31.6 Å². The van der Waals surface area contributed by atoms with Gasteiger partial charge in [0, 0.05) is 25.2 Å². The molecule has 2 aliphatic heterocycles. The summed E-state index contributed by atoms with van der Waals surface area (Å²) < 4.78 is 0.